The molecule has 2 aliphatic carbocycles. The van der Waals surface area contributed by atoms with Crippen LogP contribution in [0, 0.1) is 5.41 Å². The molecule has 0 heterocycles. The molecule has 2 aliphatic rings. The van der Waals surface area contributed by atoms with Gasteiger partial charge in [0.05, 0.1) is 0 Å². The molecule has 0 aromatic rings. The number of nitrogens with two attached hydrogens (primary N) is 1. The molecule has 0 aromatic carbocycles. The zero-order chi connectivity index (χ0) is 13.2. The number of rotatable bonds is 5. The van der Waals surface area contributed by atoms with Crippen molar-refractivity contribution in [1.82, 2.24) is 9.80 Å². The number of guanidine groups is 1. The second-order valence-electron chi connectivity index (χ2n) is 6.46. The average Bonchev–Trinajstić information content (AvgIpc) is 3.07. The van der Waals surface area contributed by atoms with Crippen molar-refractivity contribution in [2.45, 2.75) is 44.6 Å². The summed E-state index contributed by atoms with van der Waals surface area (Å²) in [5.41, 5.74) is 6.46. The maximum Gasteiger partial charge on any atom is 0.191 e. The molecule has 4 heteroatoms. The minimum atomic E-state index is 0.374. The second-order valence-corrected chi connectivity index (χ2v) is 6.46. The van der Waals surface area contributed by atoms with Crippen molar-refractivity contribution in [2.75, 3.05) is 34.2 Å². The van der Waals surface area contributed by atoms with Crippen LogP contribution in [0.5, 0.6) is 0 Å². The van der Waals surface area contributed by atoms with E-state index >= 15 is 0 Å². The van der Waals surface area contributed by atoms with E-state index in [1.165, 1.54) is 38.5 Å². The van der Waals surface area contributed by atoms with E-state index in [0.717, 1.165) is 19.0 Å². The number of hydrogen-bond donors (Lipinski definition) is 1. The first kappa shape index (κ1) is 13.7. The smallest absolute Gasteiger partial charge is 0.191 e. The Morgan fingerprint density at radius 3 is 2.33 bits per heavy atom. The molecule has 0 radical (unpaired) electrons. The normalized spacial score (nSPS) is 23.7. The Bertz CT molecular complexity index is 301. The lowest BCUT2D eigenvalue weighted by Crippen LogP contribution is -2.39. The quantitative estimate of drug-likeness (QED) is 0.596. The Morgan fingerprint density at radius 2 is 1.83 bits per heavy atom. The highest BCUT2D eigenvalue weighted by Gasteiger charge is 2.34. The predicted octanol–water partition coefficient (Wildman–Crippen LogP) is 1.52. The van der Waals surface area contributed by atoms with Gasteiger partial charge in [-0.3, -0.25) is 4.99 Å². The molecule has 2 fully saturated rings. The van der Waals surface area contributed by atoms with Gasteiger partial charge < -0.3 is 15.5 Å². The van der Waals surface area contributed by atoms with Crippen LogP contribution in [0.1, 0.15) is 38.5 Å². The van der Waals surface area contributed by atoms with Gasteiger partial charge >= 0.3 is 0 Å². The van der Waals surface area contributed by atoms with E-state index in [-0.39, 0.29) is 0 Å². The molecule has 2 N–H and O–H groups in total. The summed E-state index contributed by atoms with van der Waals surface area (Å²) >= 11 is 0. The van der Waals surface area contributed by atoms with E-state index < -0.39 is 0 Å². The molecule has 0 bridgehead atoms. The standard InChI is InChI=1S/C14H28N4/c1-17(2)11-14(8-4-5-9-14)10-16-13(15)18(3)12-6-7-12/h12H,4-11H2,1-3H3,(H2,15,16). The molecular weight excluding hydrogens is 224 g/mol. The monoisotopic (exact) mass is 252 g/mol. The fourth-order valence-electron chi connectivity index (χ4n) is 3.17. The van der Waals surface area contributed by atoms with Gasteiger partial charge in [-0.15, -0.1) is 0 Å². The highest BCUT2D eigenvalue weighted by atomic mass is 15.3. The molecule has 0 aliphatic heterocycles. The predicted molar refractivity (Wildman–Crippen MR) is 76.7 cm³/mol. The molecule has 2 rings (SSSR count). The van der Waals surface area contributed by atoms with Crippen molar-refractivity contribution in [2.24, 2.45) is 16.1 Å². The van der Waals surface area contributed by atoms with Crippen LogP contribution in [0.2, 0.25) is 0 Å². The summed E-state index contributed by atoms with van der Waals surface area (Å²) < 4.78 is 0. The number of hydrogen-bond acceptors (Lipinski definition) is 2. The van der Waals surface area contributed by atoms with Gasteiger partial charge in [0, 0.05) is 31.6 Å². The first-order valence-corrected chi connectivity index (χ1v) is 7.20. The molecule has 0 saturated heterocycles. The van der Waals surface area contributed by atoms with Gasteiger partial charge in [-0.25, -0.2) is 0 Å². The lowest BCUT2D eigenvalue weighted by molar-refractivity contribution is 0.209. The van der Waals surface area contributed by atoms with E-state index in [0.29, 0.717) is 11.5 Å². The zero-order valence-corrected chi connectivity index (χ0v) is 12.2. The van der Waals surface area contributed by atoms with Crippen LogP contribution in [0.25, 0.3) is 0 Å². The number of aliphatic imine (C=N–C) groups is 1. The summed E-state index contributed by atoms with van der Waals surface area (Å²) in [5, 5.41) is 0. The number of nitrogens with zero attached hydrogens (tertiary/aromatic N) is 3. The minimum Gasteiger partial charge on any atom is -0.370 e. The third-order valence-electron chi connectivity index (χ3n) is 4.35. The molecule has 104 valence electrons. The van der Waals surface area contributed by atoms with Crippen LogP contribution >= 0.6 is 0 Å². The minimum absolute atomic E-state index is 0.374. The van der Waals surface area contributed by atoms with Gasteiger partial charge in [0.15, 0.2) is 5.96 Å². The molecule has 0 unspecified atom stereocenters. The van der Waals surface area contributed by atoms with Crippen molar-refractivity contribution in [1.29, 1.82) is 0 Å². The molecule has 4 nitrogen and oxygen atoms in total. The van der Waals surface area contributed by atoms with Gasteiger partial charge in [0.1, 0.15) is 0 Å². The summed E-state index contributed by atoms with van der Waals surface area (Å²) in [6, 6.07) is 0.655. The van der Waals surface area contributed by atoms with Crippen LogP contribution in [0.4, 0.5) is 0 Å². The molecule has 0 amide bonds. The molecule has 0 aromatic heterocycles. The maximum atomic E-state index is 6.09. The molecule has 2 saturated carbocycles. The highest BCUT2D eigenvalue weighted by molar-refractivity contribution is 5.78. The van der Waals surface area contributed by atoms with E-state index in [4.69, 9.17) is 5.73 Å². The third kappa shape index (κ3) is 3.37. The Morgan fingerprint density at radius 1 is 1.22 bits per heavy atom. The molecule has 18 heavy (non-hydrogen) atoms. The summed E-state index contributed by atoms with van der Waals surface area (Å²) in [5.74, 6) is 0.738. The molecule has 0 atom stereocenters. The van der Waals surface area contributed by atoms with Crippen LogP contribution in [-0.2, 0) is 0 Å². The molecule has 0 spiro atoms. The summed E-state index contributed by atoms with van der Waals surface area (Å²) in [6.45, 7) is 2.03. The van der Waals surface area contributed by atoms with Gasteiger partial charge in [0.2, 0.25) is 0 Å². The van der Waals surface area contributed by atoms with Gasteiger partial charge in [-0.1, -0.05) is 12.8 Å². The van der Waals surface area contributed by atoms with Crippen LogP contribution < -0.4 is 5.73 Å². The Kier molecular flexibility index (Phi) is 4.15. The summed E-state index contributed by atoms with van der Waals surface area (Å²) in [6.07, 6.45) is 7.85. The van der Waals surface area contributed by atoms with Crippen molar-refractivity contribution in [3.8, 4) is 0 Å². The first-order valence-electron chi connectivity index (χ1n) is 7.20. The van der Waals surface area contributed by atoms with Crippen LogP contribution in [0.3, 0.4) is 0 Å². The Labute approximate surface area is 111 Å². The van der Waals surface area contributed by atoms with E-state index in [2.05, 4.69) is 35.9 Å². The third-order valence-corrected chi connectivity index (χ3v) is 4.35. The largest absolute Gasteiger partial charge is 0.370 e. The lowest BCUT2D eigenvalue weighted by Gasteiger charge is -2.31. The zero-order valence-electron chi connectivity index (χ0n) is 12.2. The molecular formula is C14H28N4. The topological polar surface area (TPSA) is 44.9 Å². The summed E-state index contributed by atoms with van der Waals surface area (Å²) in [4.78, 5) is 9.13. The Hall–Kier alpha value is -0.770. The van der Waals surface area contributed by atoms with Crippen molar-refractivity contribution in [3.05, 3.63) is 0 Å². The second kappa shape index (κ2) is 5.47. The van der Waals surface area contributed by atoms with Gasteiger partial charge in [-0.05, 0) is 39.8 Å². The van der Waals surface area contributed by atoms with E-state index in [1.54, 1.807) is 0 Å². The van der Waals surface area contributed by atoms with Crippen molar-refractivity contribution >= 4 is 5.96 Å². The first-order chi connectivity index (χ1) is 8.52. The van der Waals surface area contributed by atoms with Crippen molar-refractivity contribution in [3.63, 3.8) is 0 Å². The maximum absolute atomic E-state index is 6.09. The van der Waals surface area contributed by atoms with E-state index in [9.17, 15) is 0 Å². The van der Waals surface area contributed by atoms with E-state index in [1.807, 2.05) is 0 Å². The Balaban J connectivity index is 1.94. The summed E-state index contributed by atoms with van der Waals surface area (Å²) in [7, 11) is 6.39. The fourth-order valence-corrected chi connectivity index (χ4v) is 3.17. The SMILES string of the molecule is CN(C)CC1(CN=C(N)N(C)C2CC2)CCCC1. The lowest BCUT2D eigenvalue weighted by atomic mass is 9.86. The van der Waals surface area contributed by atoms with Gasteiger partial charge in [0.25, 0.3) is 0 Å². The van der Waals surface area contributed by atoms with Crippen LogP contribution in [0.15, 0.2) is 4.99 Å². The average molecular weight is 252 g/mol. The van der Waals surface area contributed by atoms with Gasteiger partial charge in [-0.2, -0.15) is 0 Å². The fraction of sp³-hybridized carbons (Fsp3) is 0.929. The van der Waals surface area contributed by atoms with Crippen molar-refractivity contribution < 1.29 is 0 Å². The van der Waals surface area contributed by atoms with Crippen LogP contribution in [-0.4, -0.2) is 56.0 Å². The highest BCUT2D eigenvalue weighted by Crippen LogP contribution is 2.39.